The molecule has 4 N–H and O–H groups in total. The molecule has 9 heteroatoms. The number of thiocarbonyl (C=S) groups is 1. The van der Waals surface area contributed by atoms with Crippen LogP contribution in [0.3, 0.4) is 0 Å². The smallest absolute Gasteiger partial charge is 0.257 e. The van der Waals surface area contributed by atoms with E-state index >= 15 is 0 Å². The van der Waals surface area contributed by atoms with Crippen LogP contribution in [-0.4, -0.2) is 23.5 Å². The van der Waals surface area contributed by atoms with Gasteiger partial charge in [0.25, 0.3) is 11.8 Å². The van der Waals surface area contributed by atoms with Crippen molar-refractivity contribution < 1.29 is 14.3 Å². The number of halogens is 1. The van der Waals surface area contributed by atoms with Gasteiger partial charge < -0.3 is 15.8 Å². The molecule has 1 aromatic carbocycles. The van der Waals surface area contributed by atoms with Crippen LogP contribution in [0.2, 0.25) is 5.02 Å². The fraction of sp³-hybridized carbons (Fsp3) is 0.350. The minimum absolute atomic E-state index is 0.0918. The molecule has 1 aromatic heterocycles. The lowest BCUT2D eigenvalue weighted by atomic mass is 9.88. The highest BCUT2D eigenvalue weighted by Gasteiger charge is 2.27. The molecule has 0 aliphatic heterocycles. The van der Waals surface area contributed by atoms with Crippen LogP contribution in [0.1, 0.15) is 51.4 Å². The third kappa shape index (κ3) is 4.88. The van der Waals surface area contributed by atoms with E-state index in [1.807, 2.05) is 6.92 Å². The van der Waals surface area contributed by atoms with Crippen molar-refractivity contribution in [3.8, 4) is 5.75 Å². The molecular weight excluding hydrogens is 430 g/mol. The fourth-order valence-corrected chi connectivity index (χ4v) is 5.24. The third-order valence-electron chi connectivity index (χ3n) is 4.71. The molecule has 0 bridgehead atoms. The second-order valence-corrected chi connectivity index (χ2v) is 8.83. The number of fused-ring (bicyclic) bond motifs is 1. The van der Waals surface area contributed by atoms with Gasteiger partial charge in [0.05, 0.1) is 17.2 Å². The van der Waals surface area contributed by atoms with Gasteiger partial charge in [0.15, 0.2) is 5.11 Å². The van der Waals surface area contributed by atoms with Crippen LogP contribution in [0.4, 0.5) is 5.00 Å². The molecular formula is C20H22ClN3O3S2. The number of rotatable bonds is 5. The maximum atomic E-state index is 12.5. The first-order chi connectivity index (χ1) is 13.8. The number of benzene rings is 1. The number of primary amides is 1. The van der Waals surface area contributed by atoms with Gasteiger partial charge in [-0.25, -0.2) is 0 Å². The summed E-state index contributed by atoms with van der Waals surface area (Å²) in [5.41, 5.74) is 7.42. The van der Waals surface area contributed by atoms with Gasteiger partial charge in [-0.3, -0.25) is 14.9 Å². The Balaban J connectivity index is 1.73. The van der Waals surface area contributed by atoms with Gasteiger partial charge in [-0.1, -0.05) is 18.5 Å². The Hall–Kier alpha value is -2.16. The lowest BCUT2D eigenvalue weighted by Crippen LogP contribution is -2.34. The van der Waals surface area contributed by atoms with Crippen molar-refractivity contribution in [1.29, 1.82) is 0 Å². The van der Waals surface area contributed by atoms with Crippen LogP contribution < -0.4 is 21.1 Å². The van der Waals surface area contributed by atoms with E-state index in [4.69, 9.17) is 34.3 Å². The van der Waals surface area contributed by atoms with Crippen LogP contribution in [0.5, 0.6) is 5.75 Å². The summed E-state index contributed by atoms with van der Waals surface area (Å²) in [6.45, 7) is 4.52. The Morgan fingerprint density at radius 3 is 2.83 bits per heavy atom. The SMILES string of the molecule is CCOc1ccc(C(=O)NC(=S)Nc2sc3c(c2C(N)=O)CCC(C)C3)cc1Cl. The molecule has 0 fully saturated rings. The average Bonchev–Trinajstić information content (AvgIpc) is 3.00. The predicted octanol–water partition coefficient (Wildman–Crippen LogP) is 4.15. The van der Waals surface area contributed by atoms with E-state index in [0.29, 0.717) is 39.4 Å². The second kappa shape index (κ2) is 9.11. The molecule has 1 aliphatic rings. The lowest BCUT2D eigenvalue weighted by molar-refractivity contribution is 0.0975. The average molecular weight is 452 g/mol. The van der Waals surface area contributed by atoms with Crippen molar-refractivity contribution >= 4 is 57.1 Å². The highest BCUT2D eigenvalue weighted by atomic mass is 35.5. The summed E-state index contributed by atoms with van der Waals surface area (Å²) in [5.74, 6) is 0.164. The molecule has 3 rings (SSSR count). The summed E-state index contributed by atoms with van der Waals surface area (Å²) < 4.78 is 5.37. The molecule has 1 aliphatic carbocycles. The van der Waals surface area contributed by atoms with Crippen molar-refractivity contribution in [2.75, 3.05) is 11.9 Å². The number of anilines is 1. The van der Waals surface area contributed by atoms with Crippen molar-refractivity contribution in [1.82, 2.24) is 5.32 Å². The first-order valence-electron chi connectivity index (χ1n) is 9.29. The van der Waals surface area contributed by atoms with Gasteiger partial charge >= 0.3 is 0 Å². The zero-order chi connectivity index (χ0) is 21.1. The Labute approximate surface area is 183 Å². The van der Waals surface area contributed by atoms with Gasteiger partial charge in [-0.2, -0.15) is 0 Å². The highest BCUT2D eigenvalue weighted by Crippen LogP contribution is 2.39. The van der Waals surface area contributed by atoms with Gasteiger partial charge in [0, 0.05) is 10.4 Å². The van der Waals surface area contributed by atoms with E-state index in [-0.39, 0.29) is 5.11 Å². The Morgan fingerprint density at radius 1 is 1.41 bits per heavy atom. The Kier molecular flexibility index (Phi) is 6.77. The van der Waals surface area contributed by atoms with Crippen LogP contribution in [0.25, 0.3) is 0 Å². The van der Waals surface area contributed by atoms with E-state index in [1.165, 1.54) is 17.4 Å². The molecule has 2 amide bonds. The summed E-state index contributed by atoms with van der Waals surface area (Å²) >= 11 is 12.9. The molecule has 154 valence electrons. The molecule has 1 unspecified atom stereocenters. The topological polar surface area (TPSA) is 93.4 Å². The van der Waals surface area contributed by atoms with Gasteiger partial charge in [0.1, 0.15) is 10.8 Å². The largest absolute Gasteiger partial charge is 0.492 e. The summed E-state index contributed by atoms with van der Waals surface area (Å²) in [6, 6.07) is 4.76. The van der Waals surface area contributed by atoms with Gasteiger partial charge in [-0.15, -0.1) is 11.3 Å². The van der Waals surface area contributed by atoms with Gasteiger partial charge in [0.2, 0.25) is 0 Å². The number of amides is 2. The lowest BCUT2D eigenvalue weighted by Gasteiger charge is -2.18. The number of thiophene rings is 1. The highest BCUT2D eigenvalue weighted by molar-refractivity contribution is 7.80. The molecule has 1 atom stereocenters. The molecule has 1 heterocycles. The molecule has 0 saturated heterocycles. The third-order valence-corrected chi connectivity index (χ3v) is 6.38. The number of hydrogen-bond acceptors (Lipinski definition) is 5. The van der Waals surface area contributed by atoms with Crippen LogP contribution in [0.15, 0.2) is 18.2 Å². The molecule has 0 radical (unpaired) electrons. The zero-order valence-corrected chi connectivity index (χ0v) is 18.5. The molecule has 0 saturated carbocycles. The first-order valence-corrected chi connectivity index (χ1v) is 10.9. The van der Waals surface area contributed by atoms with Crippen molar-refractivity contribution in [3.63, 3.8) is 0 Å². The van der Waals surface area contributed by atoms with Crippen molar-refractivity contribution in [2.45, 2.75) is 33.1 Å². The number of nitrogens with one attached hydrogen (secondary N) is 2. The van der Waals surface area contributed by atoms with Crippen molar-refractivity contribution in [3.05, 3.63) is 44.8 Å². The predicted molar refractivity (Wildman–Crippen MR) is 120 cm³/mol. The summed E-state index contributed by atoms with van der Waals surface area (Å²) in [7, 11) is 0. The fourth-order valence-electron chi connectivity index (χ4n) is 3.32. The van der Waals surface area contributed by atoms with E-state index < -0.39 is 11.8 Å². The minimum Gasteiger partial charge on any atom is -0.492 e. The molecule has 0 spiro atoms. The monoisotopic (exact) mass is 451 g/mol. The summed E-state index contributed by atoms with van der Waals surface area (Å²) in [5, 5.41) is 6.60. The summed E-state index contributed by atoms with van der Waals surface area (Å²) in [6.07, 6.45) is 2.74. The van der Waals surface area contributed by atoms with E-state index in [2.05, 4.69) is 17.6 Å². The van der Waals surface area contributed by atoms with Crippen LogP contribution in [0, 0.1) is 5.92 Å². The number of nitrogens with two attached hydrogens (primary N) is 1. The van der Waals surface area contributed by atoms with Crippen molar-refractivity contribution in [2.24, 2.45) is 11.7 Å². The normalized spacial score (nSPS) is 15.3. The van der Waals surface area contributed by atoms with Crippen LogP contribution in [-0.2, 0) is 12.8 Å². The number of ether oxygens (including phenoxy) is 1. The molecule has 2 aromatic rings. The second-order valence-electron chi connectivity index (χ2n) is 6.91. The molecule has 29 heavy (non-hydrogen) atoms. The van der Waals surface area contributed by atoms with E-state index in [9.17, 15) is 9.59 Å². The van der Waals surface area contributed by atoms with Gasteiger partial charge in [-0.05, 0) is 68.1 Å². The Morgan fingerprint density at radius 2 is 2.17 bits per heavy atom. The molecule has 6 nitrogen and oxygen atoms in total. The summed E-state index contributed by atoms with van der Waals surface area (Å²) in [4.78, 5) is 25.7. The van der Waals surface area contributed by atoms with Crippen LogP contribution >= 0.6 is 35.2 Å². The minimum atomic E-state index is -0.494. The number of hydrogen-bond donors (Lipinski definition) is 3. The van der Waals surface area contributed by atoms with E-state index in [0.717, 1.165) is 29.7 Å². The number of carbonyl (C=O) groups is 2. The quantitative estimate of drug-likeness (QED) is 0.594. The standard InChI is InChI=1S/C20H22ClN3O3S2/c1-3-27-14-7-5-11(9-13(14)21)18(26)23-20(28)24-19-16(17(22)25)12-6-4-10(2)8-15(12)29-19/h5,7,9-10H,3-4,6,8H2,1-2H3,(H2,22,25)(H2,23,24,26,28). The Bertz CT molecular complexity index is 974. The van der Waals surface area contributed by atoms with E-state index in [1.54, 1.807) is 12.1 Å². The maximum Gasteiger partial charge on any atom is 0.257 e. The number of carbonyl (C=O) groups excluding carboxylic acids is 2. The maximum absolute atomic E-state index is 12.5. The first kappa shape index (κ1) is 21.5. The zero-order valence-electron chi connectivity index (χ0n) is 16.1.